The van der Waals surface area contributed by atoms with Crippen molar-refractivity contribution in [3.8, 4) is 6.07 Å². The Labute approximate surface area is 272 Å². The van der Waals surface area contributed by atoms with Crippen LogP contribution in [-0.2, 0) is 27.3 Å². The average molecular weight is 641 g/mol. The summed E-state index contributed by atoms with van der Waals surface area (Å²) < 4.78 is 0. The summed E-state index contributed by atoms with van der Waals surface area (Å²) >= 11 is 0. The van der Waals surface area contributed by atoms with Crippen LogP contribution < -0.4 is 5.32 Å². The van der Waals surface area contributed by atoms with Crippen LogP contribution in [0.25, 0.3) is 0 Å². The van der Waals surface area contributed by atoms with Gasteiger partial charge in [-0.1, -0.05) is 60.7 Å². The molecule has 7 rings (SSSR count). The number of benzene rings is 4. The number of aliphatic carboxylic acids is 1. The minimum absolute atomic E-state index is 0.135. The van der Waals surface area contributed by atoms with Crippen molar-refractivity contribution in [3.63, 3.8) is 0 Å². The van der Waals surface area contributed by atoms with Crippen molar-refractivity contribution in [1.82, 2.24) is 10.2 Å². The first-order chi connectivity index (χ1) is 23.1. The van der Waals surface area contributed by atoms with Gasteiger partial charge in [0.1, 0.15) is 5.54 Å². The predicted octanol–water partition coefficient (Wildman–Crippen LogP) is 3.75. The van der Waals surface area contributed by atoms with Crippen LogP contribution in [0.3, 0.4) is 0 Å². The standard InChI is InChI=1S/C36H24N4O8/c37-17-21-5-1-2-6-23(21)30-28-29(36(38-30,35(45)46)16-19-9-12-22(13-10-19)40(47)48)34(44)39(33(28)43)18-20-11-14-26-27(15-20)32(42)25-8-4-3-7-24(25)31(26)41/h1-15,28-30,38H,16,18H2,(H,45,46). The number of carboxylic acid groups (broad SMARTS) is 1. The lowest BCUT2D eigenvalue weighted by atomic mass is 9.76. The van der Waals surface area contributed by atoms with Gasteiger partial charge in [-0.25, -0.2) is 0 Å². The number of nitrogens with one attached hydrogen (secondary N) is 1. The second-order valence-electron chi connectivity index (χ2n) is 12.0. The third kappa shape index (κ3) is 4.51. The second-order valence-corrected chi connectivity index (χ2v) is 12.0. The highest BCUT2D eigenvalue weighted by atomic mass is 16.6. The molecule has 48 heavy (non-hydrogen) atoms. The van der Waals surface area contributed by atoms with Gasteiger partial charge in [0.25, 0.3) is 5.69 Å². The van der Waals surface area contributed by atoms with Crippen molar-refractivity contribution in [3.05, 3.63) is 146 Å². The number of hydrogen-bond donors (Lipinski definition) is 2. The first-order valence-corrected chi connectivity index (χ1v) is 15.0. The summed E-state index contributed by atoms with van der Waals surface area (Å²) in [4.78, 5) is 79.8. The highest BCUT2D eigenvalue weighted by Crippen LogP contribution is 2.51. The number of nitrogens with zero attached hydrogens (tertiary/aromatic N) is 3. The number of imide groups is 1. The number of non-ortho nitro benzene ring substituents is 1. The van der Waals surface area contributed by atoms with Gasteiger partial charge in [0, 0.05) is 46.8 Å². The molecule has 4 aromatic rings. The topological polar surface area (TPSA) is 188 Å². The zero-order chi connectivity index (χ0) is 33.9. The molecule has 2 heterocycles. The van der Waals surface area contributed by atoms with Crippen molar-refractivity contribution in [2.75, 3.05) is 0 Å². The Morgan fingerprint density at radius 3 is 2.10 bits per heavy atom. The van der Waals surface area contributed by atoms with Crippen LogP contribution in [0, 0.1) is 33.3 Å². The van der Waals surface area contributed by atoms with Gasteiger partial charge in [0.2, 0.25) is 11.8 Å². The van der Waals surface area contributed by atoms with Crippen LogP contribution in [0.4, 0.5) is 5.69 Å². The number of rotatable bonds is 7. The van der Waals surface area contributed by atoms with E-state index in [0.717, 1.165) is 4.90 Å². The molecule has 12 nitrogen and oxygen atoms in total. The van der Waals surface area contributed by atoms with Crippen molar-refractivity contribution >= 4 is 35.0 Å². The molecule has 1 aliphatic carbocycles. The molecule has 4 atom stereocenters. The van der Waals surface area contributed by atoms with Gasteiger partial charge in [-0.3, -0.25) is 44.3 Å². The van der Waals surface area contributed by atoms with E-state index in [-0.39, 0.29) is 58.0 Å². The van der Waals surface area contributed by atoms with E-state index in [1.165, 1.54) is 42.5 Å². The number of likely N-dealkylation sites (tertiary alicyclic amines) is 1. The summed E-state index contributed by atoms with van der Waals surface area (Å²) in [5.74, 6) is -6.15. The molecule has 0 aromatic heterocycles. The van der Waals surface area contributed by atoms with Crippen molar-refractivity contribution in [2.45, 2.75) is 24.5 Å². The smallest absolute Gasteiger partial charge is 0.325 e. The van der Waals surface area contributed by atoms with Crippen LogP contribution >= 0.6 is 0 Å². The third-order valence-corrected chi connectivity index (χ3v) is 9.50. The molecule has 12 heteroatoms. The summed E-state index contributed by atoms with van der Waals surface area (Å²) in [6, 6.07) is 23.7. The summed E-state index contributed by atoms with van der Waals surface area (Å²) in [5, 5.41) is 34.9. The molecule has 0 bridgehead atoms. The molecule has 2 saturated heterocycles. The number of nitriles is 1. The van der Waals surface area contributed by atoms with E-state index in [1.54, 1.807) is 48.5 Å². The number of nitro benzene ring substituents is 1. The van der Waals surface area contributed by atoms with Crippen molar-refractivity contribution in [1.29, 1.82) is 5.26 Å². The number of nitro groups is 1. The van der Waals surface area contributed by atoms with Gasteiger partial charge < -0.3 is 5.11 Å². The lowest BCUT2D eigenvalue weighted by molar-refractivity contribution is -0.384. The van der Waals surface area contributed by atoms with Gasteiger partial charge >= 0.3 is 5.97 Å². The number of carboxylic acids is 1. The number of ketones is 2. The fraction of sp³-hybridized carbons (Fsp3) is 0.167. The van der Waals surface area contributed by atoms with Gasteiger partial charge in [0.15, 0.2) is 11.6 Å². The maximum atomic E-state index is 14.3. The minimum atomic E-state index is -2.03. The molecule has 2 amide bonds. The van der Waals surface area contributed by atoms with E-state index >= 15 is 0 Å². The number of hydrogen-bond acceptors (Lipinski definition) is 9. The molecule has 2 N–H and O–H groups in total. The highest BCUT2D eigenvalue weighted by molar-refractivity contribution is 6.28. The predicted molar refractivity (Wildman–Crippen MR) is 166 cm³/mol. The fourth-order valence-electron chi connectivity index (χ4n) is 7.28. The molecule has 4 unspecified atom stereocenters. The van der Waals surface area contributed by atoms with Crippen LogP contribution in [0.1, 0.15) is 60.1 Å². The summed E-state index contributed by atoms with van der Waals surface area (Å²) in [5.41, 5.74) is -0.0597. The molecule has 0 radical (unpaired) electrons. The lowest BCUT2D eigenvalue weighted by Crippen LogP contribution is -2.57. The SMILES string of the molecule is N#Cc1ccccc1C1NC(Cc2ccc([N+](=O)[O-])cc2)(C(=O)O)C2C(=O)N(Cc3ccc4c(c3)C(=O)c3ccccc3C4=O)C(=O)C12. The van der Waals surface area contributed by atoms with Gasteiger partial charge in [-0.15, -0.1) is 0 Å². The zero-order valence-corrected chi connectivity index (χ0v) is 25.0. The van der Waals surface area contributed by atoms with Gasteiger partial charge in [-0.2, -0.15) is 5.26 Å². The van der Waals surface area contributed by atoms with E-state index in [2.05, 4.69) is 11.4 Å². The molecule has 2 aliphatic heterocycles. The Morgan fingerprint density at radius 1 is 0.854 bits per heavy atom. The minimum Gasteiger partial charge on any atom is -0.480 e. The van der Waals surface area contributed by atoms with E-state index in [9.17, 15) is 44.5 Å². The van der Waals surface area contributed by atoms with E-state index in [0.29, 0.717) is 16.7 Å². The number of amides is 2. The summed E-state index contributed by atoms with van der Waals surface area (Å²) in [6.07, 6.45) is -0.297. The molecular weight excluding hydrogens is 616 g/mol. The average Bonchev–Trinajstić information content (AvgIpc) is 3.56. The first-order valence-electron chi connectivity index (χ1n) is 15.0. The third-order valence-electron chi connectivity index (χ3n) is 9.50. The van der Waals surface area contributed by atoms with E-state index in [1.807, 2.05) is 0 Å². The lowest BCUT2D eigenvalue weighted by Gasteiger charge is -2.31. The second kappa shape index (κ2) is 11.2. The Morgan fingerprint density at radius 2 is 1.46 bits per heavy atom. The fourth-order valence-corrected chi connectivity index (χ4v) is 7.28. The Bertz CT molecular complexity index is 2150. The number of carbonyl (C=O) groups is 5. The maximum Gasteiger partial charge on any atom is 0.325 e. The Hall–Kier alpha value is -6.32. The monoisotopic (exact) mass is 640 g/mol. The van der Waals surface area contributed by atoms with Gasteiger partial charge in [0.05, 0.1) is 34.9 Å². The Balaban J connectivity index is 1.29. The largest absolute Gasteiger partial charge is 0.480 e. The molecule has 236 valence electrons. The molecule has 0 saturated carbocycles. The van der Waals surface area contributed by atoms with Crippen LogP contribution in [0.2, 0.25) is 0 Å². The molecule has 4 aromatic carbocycles. The molecular formula is C36H24N4O8. The van der Waals surface area contributed by atoms with Crippen LogP contribution in [0.15, 0.2) is 91.0 Å². The normalized spacial score (nSPS) is 22.6. The zero-order valence-electron chi connectivity index (χ0n) is 25.0. The van der Waals surface area contributed by atoms with Gasteiger partial charge in [-0.05, 0) is 34.9 Å². The van der Waals surface area contributed by atoms with Crippen molar-refractivity contribution < 1.29 is 34.0 Å². The molecule has 2 fully saturated rings. The highest BCUT2D eigenvalue weighted by Gasteiger charge is 2.68. The first kappa shape index (κ1) is 30.3. The van der Waals surface area contributed by atoms with E-state index < -0.39 is 46.1 Å². The van der Waals surface area contributed by atoms with Crippen LogP contribution in [0.5, 0.6) is 0 Å². The Kier molecular flexibility index (Phi) is 7.07. The number of fused-ring (bicyclic) bond motifs is 3. The summed E-state index contributed by atoms with van der Waals surface area (Å²) in [6.45, 7) is -0.291. The van der Waals surface area contributed by atoms with Crippen molar-refractivity contribution in [2.24, 2.45) is 11.8 Å². The van der Waals surface area contributed by atoms with Crippen LogP contribution in [-0.4, -0.2) is 49.8 Å². The number of carbonyl (C=O) groups excluding carboxylic acids is 4. The van der Waals surface area contributed by atoms with E-state index in [4.69, 9.17) is 0 Å². The molecule has 3 aliphatic rings. The maximum absolute atomic E-state index is 14.3. The summed E-state index contributed by atoms with van der Waals surface area (Å²) in [7, 11) is 0. The molecule has 0 spiro atoms. The quantitative estimate of drug-likeness (QED) is 0.151.